The molecule has 1 aromatic carbocycles. The molecule has 0 bridgehead atoms. The minimum Gasteiger partial charge on any atom is -0.326 e. The molecule has 1 heterocycles. The van der Waals surface area contributed by atoms with Gasteiger partial charge in [0.1, 0.15) is 12.7 Å². The first kappa shape index (κ1) is 16.1. The van der Waals surface area contributed by atoms with Crippen LogP contribution in [0.5, 0.6) is 0 Å². The Morgan fingerprint density at radius 3 is 2.55 bits per heavy atom. The van der Waals surface area contributed by atoms with Gasteiger partial charge in [0.2, 0.25) is 15.9 Å². The summed E-state index contributed by atoms with van der Waals surface area (Å²) in [5, 5.41) is 6.51. The van der Waals surface area contributed by atoms with Gasteiger partial charge >= 0.3 is 0 Å². The van der Waals surface area contributed by atoms with Gasteiger partial charge in [-0.25, -0.2) is 18.1 Å². The molecule has 0 aliphatic carbocycles. The van der Waals surface area contributed by atoms with Crippen LogP contribution in [0.2, 0.25) is 0 Å². The number of sulfonamides is 1. The van der Waals surface area contributed by atoms with Crippen molar-refractivity contribution >= 4 is 21.6 Å². The Morgan fingerprint density at radius 1 is 1.32 bits per heavy atom. The van der Waals surface area contributed by atoms with Crippen molar-refractivity contribution < 1.29 is 13.2 Å². The molecule has 0 unspecified atom stereocenters. The van der Waals surface area contributed by atoms with E-state index in [1.54, 1.807) is 11.6 Å². The highest BCUT2D eigenvalue weighted by molar-refractivity contribution is 7.89. The van der Waals surface area contributed by atoms with Crippen LogP contribution in [0.15, 0.2) is 41.8 Å². The molecular weight excluding hydrogens is 306 g/mol. The first-order chi connectivity index (χ1) is 10.4. The van der Waals surface area contributed by atoms with Gasteiger partial charge in [-0.15, -0.1) is 0 Å². The summed E-state index contributed by atoms with van der Waals surface area (Å²) in [6, 6.07) is 5.61. The lowest BCUT2D eigenvalue weighted by Crippen LogP contribution is -2.35. The third-order valence-electron chi connectivity index (χ3n) is 2.77. The number of rotatable bonds is 6. The number of amides is 1. The summed E-state index contributed by atoms with van der Waals surface area (Å²) in [7, 11) is -3.63. The smallest absolute Gasteiger partial charge is 0.240 e. The highest BCUT2D eigenvalue weighted by atomic mass is 32.2. The van der Waals surface area contributed by atoms with E-state index < -0.39 is 10.0 Å². The van der Waals surface area contributed by atoms with Crippen molar-refractivity contribution in [3.63, 3.8) is 0 Å². The van der Waals surface area contributed by atoms with Crippen LogP contribution in [0.25, 0.3) is 0 Å². The lowest BCUT2D eigenvalue weighted by molar-refractivity contribution is -0.114. The van der Waals surface area contributed by atoms with Gasteiger partial charge in [0.05, 0.1) is 11.4 Å². The summed E-state index contributed by atoms with van der Waals surface area (Å²) in [5.41, 5.74) is 0.544. The lowest BCUT2D eigenvalue weighted by Gasteiger charge is -2.14. The second-order valence-corrected chi connectivity index (χ2v) is 6.56. The molecule has 8 nitrogen and oxygen atoms in total. The van der Waals surface area contributed by atoms with Gasteiger partial charge in [0.25, 0.3) is 0 Å². The van der Waals surface area contributed by atoms with Gasteiger partial charge in [0.15, 0.2) is 0 Å². The second kappa shape index (κ2) is 6.67. The summed E-state index contributed by atoms with van der Waals surface area (Å²) >= 11 is 0. The van der Waals surface area contributed by atoms with E-state index in [1.165, 1.54) is 43.8 Å². The number of carbonyl (C=O) groups excluding carboxylic acids is 1. The number of carbonyl (C=O) groups is 1. The summed E-state index contributed by atoms with van der Waals surface area (Å²) in [6.45, 7) is 3.51. The largest absolute Gasteiger partial charge is 0.326 e. The van der Waals surface area contributed by atoms with Crippen LogP contribution in [-0.4, -0.2) is 35.1 Å². The maximum absolute atomic E-state index is 12.3. The van der Waals surface area contributed by atoms with Crippen LogP contribution in [0.4, 0.5) is 5.69 Å². The molecule has 1 aromatic heterocycles. The third kappa shape index (κ3) is 4.37. The average Bonchev–Trinajstić information content (AvgIpc) is 2.90. The summed E-state index contributed by atoms with van der Waals surface area (Å²) in [4.78, 5) is 14.9. The first-order valence-electron chi connectivity index (χ1n) is 6.59. The molecule has 2 N–H and O–H groups in total. The molecule has 2 rings (SSSR count). The zero-order chi connectivity index (χ0) is 16.2. The normalized spacial score (nSPS) is 12.8. The second-order valence-electron chi connectivity index (χ2n) is 4.85. The lowest BCUT2D eigenvalue weighted by atomic mass is 10.3. The summed E-state index contributed by atoms with van der Waals surface area (Å²) in [5.74, 6) is -0.213. The fourth-order valence-electron chi connectivity index (χ4n) is 1.90. The molecule has 9 heteroatoms. The zero-order valence-electron chi connectivity index (χ0n) is 12.2. The number of anilines is 1. The molecule has 0 radical (unpaired) electrons. The minimum atomic E-state index is -3.63. The molecule has 22 heavy (non-hydrogen) atoms. The van der Waals surface area contributed by atoms with Crippen LogP contribution >= 0.6 is 0 Å². The van der Waals surface area contributed by atoms with E-state index in [4.69, 9.17) is 0 Å². The Bertz CT molecular complexity index is 726. The van der Waals surface area contributed by atoms with Gasteiger partial charge in [0, 0.05) is 18.7 Å². The number of hydrogen-bond acceptors (Lipinski definition) is 5. The van der Waals surface area contributed by atoms with E-state index in [-0.39, 0.29) is 16.8 Å². The quantitative estimate of drug-likeness (QED) is 0.810. The standard InChI is InChI=1S/C13H17N5O3S/c1-10(7-18-9-14-8-15-18)17-22(20,21)13-5-3-12(4-6-13)16-11(2)19/h3-6,8-10,17H,7H2,1-2H3,(H,16,19)/t10-/m0/s1. The zero-order valence-corrected chi connectivity index (χ0v) is 13.0. The number of nitrogens with zero attached hydrogens (tertiary/aromatic N) is 3. The molecule has 0 saturated carbocycles. The van der Waals surface area contributed by atoms with E-state index in [0.717, 1.165) is 0 Å². The van der Waals surface area contributed by atoms with Crippen molar-refractivity contribution in [2.45, 2.75) is 31.3 Å². The SMILES string of the molecule is CC(=O)Nc1ccc(S(=O)(=O)N[C@@H](C)Cn2cncn2)cc1. The highest BCUT2D eigenvalue weighted by Crippen LogP contribution is 2.14. The number of benzene rings is 1. The van der Waals surface area contributed by atoms with Crippen molar-refractivity contribution in [2.75, 3.05) is 5.32 Å². The highest BCUT2D eigenvalue weighted by Gasteiger charge is 2.17. The molecule has 0 fully saturated rings. The van der Waals surface area contributed by atoms with Crippen molar-refractivity contribution in [3.8, 4) is 0 Å². The fraction of sp³-hybridized carbons (Fsp3) is 0.308. The van der Waals surface area contributed by atoms with Gasteiger partial charge in [-0.1, -0.05) is 0 Å². The Kier molecular flexibility index (Phi) is 4.88. The summed E-state index contributed by atoms with van der Waals surface area (Å²) in [6.07, 6.45) is 2.91. The molecule has 0 aliphatic rings. The van der Waals surface area contributed by atoms with Gasteiger partial charge in [-0.3, -0.25) is 9.48 Å². The Morgan fingerprint density at radius 2 is 2.00 bits per heavy atom. The first-order valence-corrected chi connectivity index (χ1v) is 8.07. The molecule has 0 spiro atoms. The predicted octanol–water partition coefficient (Wildman–Crippen LogP) is 0.603. The number of nitrogens with one attached hydrogen (secondary N) is 2. The topological polar surface area (TPSA) is 106 Å². The maximum Gasteiger partial charge on any atom is 0.240 e. The Labute approximate surface area is 128 Å². The van der Waals surface area contributed by atoms with Gasteiger partial charge in [-0.05, 0) is 31.2 Å². The van der Waals surface area contributed by atoms with E-state index in [2.05, 4.69) is 20.1 Å². The molecule has 118 valence electrons. The molecule has 0 saturated heterocycles. The average molecular weight is 323 g/mol. The van der Waals surface area contributed by atoms with Crippen LogP contribution in [0.1, 0.15) is 13.8 Å². The van der Waals surface area contributed by atoms with E-state index in [0.29, 0.717) is 12.2 Å². The van der Waals surface area contributed by atoms with Crippen LogP contribution in [0.3, 0.4) is 0 Å². The molecule has 1 atom stereocenters. The monoisotopic (exact) mass is 323 g/mol. The molecular formula is C13H17N5O3S. The van der Waals surface area contributed by atoms with Gasteiger partial charge < -0.3 is 5.32 Å². The summed E-state index contributed by atoms with van der Waals surface area (Å²) < 4.78 is 28.6. The van der Waals surface area contributed by atoms with Crippen LogP contribution in [0, 0.1) is 0 Å². The number of aromatic nitrogens is 3. The molecule has 0 aliphatic heterocycles. The fourth-order valence-corrected chi connectivity index (χ4v) is 3.13. The third-order valence-corrected chi connectivity index (χ3v) is 4.37. The van der Waals surface area contributed by atoms with Gasteiger partial charge in [-0.2, -0.15) is 5.10 Å². The maximum atomic E-state index is 12.3. The van der Waals surface area contributed by atoms with Crippen LogP contribution in [-0.2, 0) is 21.4 Å². The van der Waals surface area contributed by atoms with Crippen molar-refractivity contribution in [1.82, 2.24) is 19.5 Å². The Balaban J connectivity index is 2.04. The van der Waals surface area contributed by atoms with E-state index in [9.17, 15) is 13.2 Å². The van der Waals surface area contributed by atoms with Crippen LogP contribution < -0.4 is 10.0 Å². The van der Waals surface area contributed by atoms with Crippen molar-refractivity contribution in [3.05, 3.63) is 36.9 Å². The molecule has 2 aromatic rings. The Hall–Kier alpha value is -2.26. The van der Waals surface area contributed by atoms with Crippen molar-refractivity contribution in [1.29, 1.82) is 0 Å². The van der Waals surface area contributed by atoms with E-state index >= 15 is 0 Å². The predicted molar refractivity (Wildman–Crippen MR) is 80.6 cm³/mol. The van der Waals surface area contributed by atoms with Crippen molar-refractivity contribution in [2.24, 2.45) is 0 Å². The van der Waals surface area contributed by atoms with E-state index in [1.807, 2.05) is 0 Å². The number of hydrogen-bond donors (Lipinski definition) is 2. The molecule has 1 amide bonds. The minimum absolute atomic E-state index is 0.132.